The number of nitro groups is 1. The van der Waals surface area contributed by atoms with Crippen LogP contribution in [-0.4, -0.2) is 80.3 Å². The Hall–Kier alpha value is -2.75. The third-order valence-corrected chi connectivity index (χ3v) is 7.14. The van der Waals surface area contributed by atoms with Crippen LogP contribution in [0.15, 0.2) is 46.6 Å². The SMILES string of the molecule is CCN(CC[N+]12CCN(CC1)CC2)c1ccc(/N=N/c2ccc(OC)cc2[N+](=O)[O-])c(Cl)c1. The van der Waals surface area contributed by atoms with Crippen LogP contribution in [-0.2, 0) is 0 Å². The number of hydrogen-bond acceptors (Lipinski definition) is 7. The van der Waals surface area contributed by atoms with Crippen LogP contribution in [0.25, 0.3) is 0 Å². The van der Waals surface area contributed by atoms with E-state index in [0.29, 0.717) is 16.5 Å². The van der Waals surface area contributed by atoms with Crippen LogP contribution in [0, 0.1) is 10.1 Å². The number of benzene rings is 2. The van der Waals surface area contributed by atoms with Crippen molar-refractivity contribution in [2.75, 3.05) is 70.9 Å². The molecule has 2 aromatic carbocycles. The number of halogens is 1. The van der Waals surface area contributed by atoms with Gasteiger partial charge in [-0.3, -0.25) is 15.0 Å². The standard InChI is InChI=1S/C23H30ClN6O3/c1-3-28(11-15-30-12-8-27(9-13-30)10-14-30)18-4-6-21(20(24)16-18)25-26-22-7-5-19(33-2)17-23(22)29(31)32/h4-7,16-17H,3,8-15H2,1-2H3/q+1/b26-25+. The number of azo groups is 1. The highest BCUT2D eigenvalue weighted by molar-refractivity contribution is 6.33. The lowest BCUT2D eigenvalue weighted by Gasteiger charge is -2.51. The topological polar surface area (TPSA) is 83.6 Å². The molecule has 3 aliphatic rings. The highest BCUT2D eigenvalue weighted by atomic mass is 35.5. The van der Waals surface area contributed by atoms with Gasteiger partial charge >= 0.3 is 0 Å². The second-order valence-electron chi connectivity index (χ2n) is 8.60. The van der Waals surface area contributed by atoms with E-state index < -0.39 is 4.92 Å². The fourth-order valence-corrected chi connectivity index (χ4v) is 4.82. The van der Waals surface area contributed by atoms with Crippen LogP contribution in [0.1, 0.15) is 6.92 Å². The van der Waals surface area contributed by atoms with Gasteiger partial charge in [-0.1, -0.05) is 11.6 Å². The molecular weight excluding hydrogens is 444 g/mol. The van der Waals surface area contributed by atoms with Gasteiger partial charge in [0.05, 0.1) is 55.8 Å². The van der Waals surface area contributed by atoms with Gasteiger partial charge in [-0.2, -0.15) is 0 Å². The summed E-state index contributed by atoms with van der Waals surface area (Å²) in [5, 5.41) is 20.1. The number of fused-ring (bicyclic) bond motifs is 3. The quantitative estimate of drug-likeness (QED) is 0.229. The highest BCUT2D eigenvalue weighted by Crippen LogP contribution is 2.35. The van der Waals surface area contributed by atoms with Crippen LogP contribution >= 0.6 is 11.6 Å². The summed E-state index contributed by atoms with van der Waals surface area (Å²) < 4.78 is 6.27. The summed E-state index contributed by atoms with van der Waals surface area (Å²) in [4.78, 5) is 15.8. The number of hydrogen-bond donors (Lipinski definition) is 0. The van der Waals surface area contributed by atoms with Crippen molar-refractivity contribution in [1.29, 1.82) is 0 Å². The lowest BCUT2D eigenvalue weighted by Crippen LogP contribution is -2.68. The summed E-state index contributed by atoms with van der Waals surface area (Å²) in [7, 11) is 1.46. The Morgan fingerprint density at radius 1 is 1.12 bits per heavy atom. The van der Waals surface area contributed by atoms with Gasteiger partial charge in [-0.05, 0) is 37.3 Å². The smallest absolute Gasteiger partial charge is 0.300 e. The van der Waals surface area contributed by atoms with E-state index in [1.165, 1.54) is 63.0 Å². The number of ether oxygens (including phenoxy) is 1. The molecule has 0 N–H and O–H groups in total. The molecule has 3 fully saturated rings. The van der Waals surface area contributed by atoms with Gasteiger partial charge in [0.2, 0.25) is 0 Å². The van der Waals surface area contributed by atoms with Crippen molar-refractivity contribution in [3.8, 4) is 5.75 Å². The Morgan fingerprint density at radius 2 is 1.79 bits per heavy atom. The number of likely N-dealkylation sites (N-methyl/N-ethyl adjacent to an activating group) is 1. The molecule has 2 aromatic rings. The second kappa shape index (κ2) is 10.0. The van der Waals surface area contributed by atoms with Crippen LogP contribution in [0.5, 0.6) is 5.75 Å². The molecule has 0 radical (unpaired) electrons. The van der Waals surface area contributed by atoms with Crippen LogP contribution in [0.2, 0.25) is 5.02 Å². The molecule has 2 bridgehead atoms. The van der Waals surface area contributed by atoms with E-state index in [1.54, 1.807) is 6.07 Å². The minimum atomic E-state index is -0.505. The second-order valence-corrected chi connectivity index (χ2v) is 9.01. The minimum Gasteiger partial charge on any atom is -0.496 e. The first kappa shape index (κ1) is 23.4. The van der Waals surface area contributed by atoms with E-state index in [0.717, 1.165) is 25.3 Å². The average Bonchev–Trinajstić information content (AvgIpc) is 2.85. The zero-order chi connectivity index (χ0) is 23.4. The van der Waals surface area contributed by atoms with Crippen molar-refractivity contribution in [2.24, 2.45) is 10.2 Å². The predicted molar refractivity (Wildman–Crippen MR) is 129 cm³/mol. The third kappa shape index (κ3) is 5.26. The van der Waals surface area contributed by atoms with Crippen molar-refractivity contribution in [3.05, 3.63) is 51.5 Å². The Morgan fingerprint density at radius 3 is 2.39 bits per heavy atom. The molecule has 176 valence electrons. The fourth-order valence-electron chi connectivity index (χ4n) is 4.61. The number of methoxy groups -OCH3 is 1. The molecule has 10 heteroatoms. The first-order valence-corrected chi connectivity index (χ1v) is 11.7. The van der Waals surface area contributed by atoms with Crippen molar-refractivity contribution in [3.63, 3.8) is 0 Å². The summed E-state index contributed by atoms with van der Waals surface area (Å²) >= 11 is 6.51. The normalized spacial score (nSPS) is 22.0. The van der Waals surface area contributed by atoms with Crippen molar-refractivity contribution >= 4 is 34.4 Å². The maximum absolute atomic E-state index is 11.4. The predicted octanol–water partition coefficient (Wildman–Crippen LogP) is 4.64. The Bertz CT molecular complexity index is 1030. The van der Waals surface area contributed by atoms with E-state index in [2.05, 4.69) is 27.0 Å². The van der Waals surface area contributed by atoms with Crippen LogP contribution in [0.3, 0.4) is 0 Å². The van der Waals surface area contributed by atoms with Gasteiger partial charge in [0.15, 0.2) is 5.69 Å². The molecule has 3 aliphatic heterocycles. The molecule has 0 unspecified atom stereocenters. The van der Waals surface area contributed by atoms with Crippen molar-refractivity contribution in [2.45, 2.75) is 6.92 Å². The molecule has 0 amide bonds. The molecular formula is C23H30ClN6O3+. The Labute approximate surface area is 198 Å². The maximum Gasteiger partial charge on any atom is 0.300 e. The molecule has 3 saturated heterocycles. The van der Waals surface area contributed by atoms with Gasteiger partial charge < -0.3 is 14.1 Å². The molecule has 33 heavy (non-hydrogen) atoms. The molecule has 0 saturated carbocycles. The highest BCUT2D eigenvalue weighted by Gasteiger charge is 2.38. The molecule has 0 spiro atoms. The van der Waals surface area contributed by atoms with Gasteiger partial charge in [0, 0.05) is 31.9 Å². The monoisotopic (exact) mass is 473 g/mol. The van der Waals surface area contributed by atoms with E-state index in [4.69, 9.17) is 16.3 Å². The van der Waals surface area contributed by atoms with Crippen LogP contribution in [0.4, 0.5) is 22.7 Å². The van der Waals surface area contributed by atoms with E-state index >= 15 is 0 Å². The van der Waals surface area contributed by atoms with Crippen LogP contribution < -0.4 is 9.64 Å². The molecule has 0 aliphatic carbocycles. The molecule has 5 rings (SSSR count). The van der Waals surface area contributed by atoms with E-state index in [9.17, 15) is 10.1 Å². The van der Waals surface area contributed by atoms with Crippen molar-refractivity contribution < 1.29 is 14.1 Å². The summed E-state index contributed by atoms with van der Waals surface area (Å²) in [5.41, 5.74) is 1.49. The molecule has 9 nitrogen and oxygen atoms in total. The van der Waals surface area contributed by atoms with Gasteiger partial charge in [0.1, 0.15) is 11.4 Å². The number of nitrogens with zero attached hydrogens (tertiary/aromatic N) is 6. The lowest BCUT2D eigenvalue weighted by atomic mass is 10.1. The van der Waals surface area contributed by atoms with Gasteiger partial charge in [-0.25, -0.2) is 0 Å². The summed E-state index contributed by atoms with van der Waals surface area (Å²) in [5.74, 6) is 0.389. The Kier molecular flexibility index (Phi) is 7.11. The average molecular weight is 474 g/mol. The summed E-state index contributed by atoms with van der Waals surface area (Å²) in [6.45, 7) is 12.5. The van der Waals surface area contributed by atoms with E-state index in [1.807, 2.05) is 18.2 Å². The third-order valence-electron chi connectivity index (χ3n) is 6.84. The largest absolute Gasteiger partial charge is 0.496 e. The number of rotatable bonds is 9. The number of piperazine rings is 3. The minimum absolute atomic E-state index is 0.145. The number of quaternary nitrogens is 1. The Balaban J connectivity index is 1.46. The maximum atomic E-state index is 11.4. The molecule has 0 aromatic heterocycles. The first-order chi connectivity index (χ1) is 15.9. The van der Waals surface area contributed by atoms with Gasteiger partial charge in [0.25, 0.3) is 5.69 Å². The lowest BCUT2D eigenvalue weighted by molar-refractivity contribution is -0.939. The summed E-state index contributed by atoms with van der Waals surface area (Å²) in [6.07, 6.45) is 0. The zero-order valence-corrected chi connectivity index (χ0v) is 19.9. The molecule has 3 heterocycles. The molecule has 0 atom stereocenters. The van der Waals surface area contributed by atoms with Gasteiger partial charge in [-0.15, -0.1) is 10.2 Å². The number of anilines is 1. The van der Waals surface area contributed by atoms with E-state index in [-0.39, 0.29) is 11.4 Å². The zero-order valence-electron chi connectivity index (χ0n) is 19.1. The summed E-state index contributed by atoms with van der Waals surface area (Å²) in [6, 6.07) is 10.1. The van der Waals surface area contributed by atoms with Crippen molar-refractivity contribution in [1.82, 2.24) is 4.90 Å². The number of nitro benzene ring substituents is 1. The fraction of sp³-hybridized carbons (Fsp3) is 0.478. The first-order valence-electron chi connectivity index (χ1n) is 11.3.